The summed E-state index contributed by atoms with van der Waals surface area (Å²) in [6.45, 7) is 4.13. The first-order valence-electron chi connectivity index (χ1n) is 7.23. The first-order chi connectivity index (χ1) is 10.2. The van der Waals surface area contributed by atoms with Gasteiger partial charge < -0.3 is 16.0 Å². The second kappa shape index (κ2) is 8.02. The minimum Gasteiger partial charge on any atom is -0.357 e. The highest BCUT2D eigenvalue weighted by molar-refractivity contribution is 9.10. The molecule has 0 aliphatic carbocycles. The molecule has 1 aliphatic rings. The Morgan fingerprint density at radius 1 is 1.43 bits per heavy atom. The Labute approximate surface area is 133 Å². The van der Waals surface area contributed by atoms with Gasteiger partial charge in [0.25, 0.3) is 0 Å². The van der Waals surface area contributed by atoms with Gasteiger partial charge in [-0.2, -0.15) is 0 Å². The van der Waals surface area contributed by atoms with Gasteiger partial charge in [-0.3, -0.25) is 4.79 Å². The first-order valence-corrected chi connectivity index (χ1v) is 8.02. The number of halogens is 1. The third kappa shape index (κ3) is 5.38. The van der Waals surface area contributed by atoms with Crippen LogP contribution < -0.4 is 16.0 Å². The highest BCUT2D eigenvalue weighted by atomic mass is 79.9. The molecular formula is C15H21BrN4O. The van der Waals surface area contributed by atoms with Crippen LogP contribution in [0.4, 0.5) is 0 Å². The number of amides is 1. The predicted octanol–water partition coefficient (Wildman–Crippen LogP) is 1.78. The van der Waals surface area contributed by atoms with Crippen molar-refractivity contribution in [3.63, 3.8) is 0 Å². The summed E-state index contributed by atoms with van der Waals surface area (Å²) in [5.41, 5.74) is 1.16. The van der Waals surface area contributed by atoms with Crippen molar-refractivity contribution < 1.29 is 4.79 Å². The molecule has 2 rings (SSSR count). The van der Waals surface area contributed by atoms with Crippen LogP contribution in [0.25, 0.3) is 0 Å². The molecule has 1 saturated heterocycles. The molecule has 6 heteroatoms. The maximum Gasteiger partial charge on any atom is 0.220 e. The van der Waals surface area contributed by atoms with Crippen LogP contribution in [0.15, 0.2) is 33.7 Å². The Hall–Kier alpha value is -1.56. The van der Waals surface area contributed by atoms with E-state index in [1.807, 2.05) is 19.1 Å². The predicted molar refractivity (Wildman–Crippen MR) is 88.1 cm³/mol. The van der Waals surface area contributed by atoms with Crippen LogP contribution >= 0.6 is 15.9 Å². The number of hydrogen-bond acceptors (Lipinski definition) is 2. The standard InChI is InChI=1S/C15H21BrN4O/c1-2-17-15(20-13-7-8-14(21)18-10-13)19-9-11-3-5-12(16)6-4-11/h3-6,13H,2,7-10H2,1H3,(H,18,21)(H2,17,19,20). The molecule has 21 heavy (non-hydrogen) atoms. The van der Waals surface area contributed by atoms with Gasteiger partial charge >= 0.3 is 0 Å². The number of piperidine rings is 1. The SMILES string of the molecule is CCNC(=NCc1ccc(Br)cc1)NC1CCC(=O)NC1. The number of nitrogens with one attached hydrogen (secondary N) is 3. The highest BCUT2D eigenvalue weighted by Crippen LogP contribution is 2.11. The number of carbonyl (C=O) groups is 1. The van der Waals surface area contributed by atoms with Crippen molar-refractivity contribution in [2.75, 3.05) is 13.1 Å². The third-order valence-electron chi connectivity index (χ3n) is 3.28. The molecule has 1 amide bonds. The van der Waals surface area contributed by atoms with Gasteiger partial charge in [0.15, 0.2) is 5.96 Å². The molecule has 0 saturated carbocycles. The Morgan fingerprint density at radius 2 is 2.19 bits per heavy atom. The molecule has 1 fully saturated rings. The van der Waals surface area contributed by atoms with Crippen LogP contribution in [-0.4, -0.2) is 31.0 Å². The van der Waals surface area contributed by atoms with Gasteiger partial charge in [0.05, 0.1) is 6.54 Å². The summed E-state index contributed by atoms with van der Waals surface area (Å²) in [6, 6.07) is 8.38. The van der Waals surface area contributed by atoms with E-state index in [9.17, 15) is 4.79 Å². The van der Waals surface area contributed by atoms with Crippen LogP contribution in [0.5, 0.6) is 0 Å². The molecule has 1 aromatic rings. The normalized spacial score (nSPS) is 19.0. The first kappa shape index (κ1) is 15.8. The number of benzene rings is 1. The van der Waals surface area contributed by atoms with Gasteiger partial charge in [-0.25, -0.2) is 4.99 Å². The lowest BCUT2D eigenvalue weighted by Crippen LogP contribution is -2.51. The molecule has 5 nitrogen and oxygen atoms in total. The van der Waals surface area contributed by atoms with Crippen molar-refractivity contribution in [2.24, 2.45) is 4.99 Å². The molecule has 1 atom stereocenters. The Morgan fingerprint density at radius 3 is 2.81 bits per heavy atom. The monoisotopic (exact) mass is 352 g/mol. The summed E-state index contributed by atoms with van der Waals surface area (Å²) in [6.07, 6.45) is 1.41. The van der Waals surface area contributed by atoms with Crippen molar-refractivity contribution in [2.45, 2.75) is 32.4 Å². The summed E-state index contributed by atoms with van der Waals surface area (Å²) >= 11 is 3.43. The van der Waals surface area contributed by atoms with E-state index >= 15 is 0 Å². The van der Waals surface area contributed by atoms with Gasteiger partial charge in [-0.1, -0.05) is 28.1 Å². The van der Waals surface area contributed by atoms with E-state index in [4.69, 9.17) is 0 Å². The minimum atomic E-state index is 0.129. The maximum absolute atomic E-state index is 11.2. The third-order valence-corrected chi connectivity index (χ3v) is 3.81. The summed E-state index contributed by atoms with van der Waals surface area (Å²) in [7, 11) is 0. The molecule has 0 spiro atoms. The average Bonchev–Trinajstić information content (AvgIpc) is 2.49. The summed E-state index contributed by atoms with van der Waals surface area (Å²) in [5.74, 6) is 0.923. The zero-order chi connectivity index (χ0) is 15.1. The van der Waals surface area contributed by atoms with E-state index in [0.717, 1.165) is 29.0 Å². The van der Waals surface area contributed by atoms with E-state index < -0.39 is 0 Å². The number of aliphatic imine (C=N–C) groups is 1. The molecular weight excluding hydrogens is 332 g/mol. The lowest BCUT2D eigenvalue weighted by Gasteiger charge is -2.25. The van der Waals surface area contributed by atoms with Gasteiger partial charge in [0, 0.05) is 30.0 Å². The van der Waals surface area contributed by atoms with Gasteiger partial charge in [-0.05, 0) is 31.0 Å². The van der Waals surface area contributed by atoms with E-state index in [0.29, 0.717) is 19.5 Å². The van der Waals surface area contributed by atoms with Gasteiger partial charge in [-0.15, -0.1) is 0 Å². The van der Waals surface area contributed by atoms with Gasteiger partial charge in [0.1, 0.15) is 0 Å². The lowest BCUT2D eigenvalue weighted by molar-refractivity contribution is -0.122. The van der Waals surface area contributed by atoms with Crippen molar-refractivity contribution in [1.82, 2.24) is 16.0 Å². The molecule has 1 heterocycles. The van der Waals surface area contributed by atoms with Crippen molar-refractivity contribution in [3.8, 4) is 0 Å². The van der Waals surface area contributed by atoms with Crippen molar-refractivity contribution in [1.29, 1.82) is 0 Å². The summed E-state index contributed by atoms with van der Waals surface area (Å²) < 4.78 is 1.07. The van der Waals surface area contributed by atoms with E-state index in [-0.39, 0.29) is 11.9 Å². The molecule has 0 radical (unpaired) electrons. The molecule has 114 valence electrons. The zero-order valence-electron chi connectivity index (χ0n) is 12.2. The number of hydrogen-bond donors (Lipinski definition) is 3. The molecule has 0 bridgehead atoms. The fourth-order valence-corrected chi connectivity index (χ4v) is 2.39. The molecule has 1 aromatic carbocycles. The Bertz CT molecular complexity index is 491. The smallest absolute Gasteiger partial charge is 0.220 e. The summed E-state index contributed by atoms with van der Waals surface area (Å²) in [5, 5.41) is 9.48. The van der Waals surface area contributed by atoms with E-state index in [1.54, 1.807) is 0 Å². The second-order valence-electron chi connectivity index (χ2n) is 5.01. The van der Waals surface area contributed by atoms with Crippen LogP contribution in [0.2, 0.25) is 0 Å². The Balaban J connectivity index is 1.92. The van der Waals surface area contributed by atoms with Crippen molar-refractivity contribution >= 4 is 27.8 Å². The summed E-state index contributed by atoms with van der Waals surface area (Å²) in [4.78, 5) is 15.8. The van der Waals surface area contributed by atoms with Crippen LogP contribution in [-0.2, 0) is 11.3 Å². The van der Waals surface area contributed by atoms with Crippen molar-refractivity contribution in [3.05, 3.63) is 34.3 Å². The number of rotatable bonds is 4. The van der Waals surface area contributed by atoms with Crippen LogP contribution in [0.1, 0.15) is 25.3 Å². The fourth-order valence-electron chi connectivity index (χ4n) is 2.13. The average molecular weight is 353 g/mol. The van der Waals surface area contributed by atoms with E-state index in [1.165, 1.54) is 0 Å². The topological polar surface area (TPSA) is 65.5 Å². The quantitative estimate of drug-likeness (QED) is 0.571. The number of guanidine groups is 1. The molecule has 1 aliphatic heterocycles. The van der Waals surface area contributed by atoms with Gasteiger partial charge in [0.2, 0.25) is 5.91 Å². The Kier molecular flexibility index (Phi) is 6.04. The molecule has 3 N–H and O–H groups in total. The minimum absolute atomic E-state index is 0.129. The molecule has 0 aromatic heterocycles. The fraction of sp³-hybridized carbons (Fsp3) is 0.467. The van der Waals surface area contributed by atoms with E-state index in [2.05, 4.69) is 49.0 Å². The zero-order valence-corrected chi connectivity index (χ0v) is 13.7. The highest BCUT2D eigenvalue weighted by Gasteiger charge is 2.18. The maximum atomic E-state index is 11.2. The van der Waals surface area contributed by atoms with Crippen LogP contribution in [0.3, 0.4) is 0 Å². The largest absolute Gasteiger partial charge is 0.357 e. The number of nitrogens with zero attached hydrogens (tertiary/aromatic N) is 1. The van der Waals surface area contributed by atoms with Crippen LogP contribution in [0, 0.1) is 0 Å². The molecule has 1 unspecified atom stereocenters. The lowest BCUT2D eigenvalue weighted by atomic mass is 10.1. The number of carbonyl (C=O) groups excluding carboxylic acids is 1. The second-order valence-corrected chi connectivity index (χ2v) is 5.92.